The maximum atomic E-state index is 11.8. The Morgan fingerprint density at radius 1 is 1.22 bits per heavy atom. The third-order valence-electron chi connectivity index (χ3n) is 1.68. The van der Waals surface area contributed by atoms with Crippen LogP contribution in [0.25, 0.3) is 0 Å². The Balaban J connectivity index is 3.03. The molecule has 0 fully saturated rings. The van der Waals surface area contributed by atoms with Gasteiger partial charge in [-0.05, 0) is 54.9 Å². The van der Waals surface area contributed by atoms with Crippen LogP contribution in [0.1, 0.15) is 20.8 Å². The molecule has 0 bridgehead atoms. The molecular weight excluding hydrogens is 368 g/mol. The van der Waals surface area contributed by atoms with Crippen molar-refractivity contribution in [3.05, 3.63) is 37.4 Å². The molecule has 0 amide bonds. The lowest BCUT2D eigenvalue weighted by Crippen LogP contribution is -2.27. The smallest absolute Gasteiger partial charge is 0.428 e. The summed E-state index contributed by atoms with van der Waals surface area (Å²) in [5.41, 5.74) is -1.10. The van der Waals surface area contributed by atoms with Crippen molar-refractivity contribution >= 4 is 38.0 Å². The Morgan fingerprint density at radius 2 is 1.83 bits per heavy atom. The monoisotopic (exact) mass is 378 g/mol. The van der Waals surface area contributed by atoms with Gasteiger partial charge < -0.3 is 9.47 Å². The fraction of sp³-hybridized carbons (Fsp3) is 0.333. The summed E-state index contributed by atoms with van der Waals surface area (Å²) in [5, 5.41) is 0. The van der Waals surface area contributed by atoms with Gasteiger partial charge in [-0.2, -0.15) is 0 Å². The fourth-order valence-electron chi connectivity index (χ4n) is 1.02. The molecule has 0 saturated heterocycles. The maximum Gasteiger partial charge on any atom is 0.514 e. The predicted molar refractivity (Wildman–Crippen MR) is 75.0 cm³/mol. The van der Waals surface area contributed by atoms with Gasteiger partial charge in [0.1, 0.15) is 5.60 Å². The summed E-state index contributed by atoms with van der Waals surface area (Å²) in [6.07, 6.45) is -0.912. The van der Waals surface area contributed by atoms with Gasteiger partial charge in [-0.15, -0.1) is 0 Å². The lowest BCUT2D eigenvalue weighted by atomic mass is 10.2. The second kappa shape index (κ2) is 5.84. The average Bonchev–Trinajstić information content (AvgIpc) is 2.30. The third kappa shape index (κ3) is 4.78. The van der Waals surface area contributed by atoms with Crippen molar-refractivity contribution < 1.29 is 14.3 Å². The van der Waals surface area contributed by atoms with Crippen molar-refractivity contribution in [2.24, 2.45) is 0 Å². The van der Waals surface area contributed by atoms with Crippen molar-refractivity contribution in [3.63, 3.8) is 0 Å². The molecule has 0 saturated carbocycles. The fourth-order valence-corrected chi connectivity index (χ4v) is 1.69. The van der Waals surface area contributed by atoms with E-state index < -0.39 is 17.2 Å². The van der Waals surface area contributed by atoms with E-state index in [1.165, 1.54) is 6.07 Å². The molecule has 4 nitrogen and oxygen atoms in total. The zero-order valence-electron chi connectivity index (χ0n) is 10.1. The highest BCUT2D eigenvalue weighted by Crippen LogP contribution is 2.18. The number of hydrogen-bond donors (Lipinski definition) is 0. The molecule has 0 unspecified atom stereocenters. The van der Waals surface area contributed by atoms with Crippen LogP contribution in [0.4, 0.5) is 4.79 Å². The average molecular weight is 380 g/mol. The summed E-state index contributed by atoms with van der Waals surface area (Å²) in [5.74, 6) is -0.104. The van der Waals surface area contributed by atoms with E-state index in [9.17, 15) is 9.59 Å². The van der Waals surface area contributed by atoms with Gasteiger partial charge in [-0.25, -0.2) is 4.79 Å². The van der Waals surface area contributed by atoms with Gasteiger partial charge in [-0.1, -0.05) is 15.9 Å². The number of carbonyl (C=O) groups excluding carboxylic acids is 1. The van der Waals surface area contributed by atoms with Gasteiger partial charge in [0.2, 0.25) is 5.43 Å². The standard InChI is InChI=1S/C12H12Br2O4/c1-12(2,3)18-11(16)17-9-6-7(13)4-5-8(14)10(9)15/h4-6H,1-3H3. The molecule has 0 aliphatic heterocycles. The molecule has 0 heterocycles. The van der Waals surface area contributed by atoms with E-state index in [4.69, 9.17) is 9.47 Å². The summed E-state index contributed by atoms with van der Waals surface area (Å²) >= 11 is 6.32. The molecule has 0 N–H and O–H groups in total. The van der Waals surface area contributed by atoms with Crippen LogP contribution in [-0.2, 0) is 4.74 Å². The number of carbonyl (C=O) groups is 1. The summed E-state index contributed by atoms with van der Waals surface area (Å²) < 4.78 is 10.8. The highest BCUT2D eigenvalue weighted by Gasteiger charge is 2.19. The highest BCUT2D eigenvalue weighted by atomic mass is 79.9. The van der Waals surface area contributed by atoms with Crippen molar-refractivity contribution in [2.75, 3.05) is 0 Å². The highest BCUT2D eigenvalue weighted by molar-refractivity contribution is 9.11. The minimum atomic E-state index is -0.912. The molecule has 0 aliphatic rings. The Bertz CT molecular complexity index is 520. The van der Waals surface area contributed by atoms with Crippen LogP contribution in [0.2, 0.25) is 0 Å². The second-order valence-electron chi connectivity index (χ2n) is 4.47. The molecule has 1 aromatic carbocycles. The lowest BCUT2D eigenvalue weighted by Gasteiger charge is -2.18. The zero-order chi connectivity index (χ0) is 13.9. The van der Waals surface area contributed by atoms with Crippen molar-refractivity contribution in [1.29, 1.82) is 0 Å². The van der Waals surface area contributed by atoms with E-state index in [0.29, 0.717) is 8.95 Å². The van der Waals surface area contributed by atoms with Crippen LogP contribution in [0.15, 0.2) is 31.9 Å². The number of ether oxygens (including phenoxy) is 2. The SMILES string of the molecule is CC(C)(C)OC(=O)Oc1cc(Br)ccc(Br)c1=O. The van der Waals surface area contributed by atoms with E-state index in [1.54, 1.807) is 32.9 Å². The van der Waals surface area contributed by atoms with E-state index in [1.807, 2.05) is 0 Å². The van der Waals surface area contributed by atoms with E-state index in [-0.39, 0.29) is 5.75 Å². The molecule has 6 heteroatoms. The van der Waals surface area contributed by atoms with E-state index in [2.05, 4.69) is 31.9 Å². The molecule has 98 valence electrons. The summed E-state index contributed by atoms with van der Waals surface area (Å²) in [7, 11) is 0. The van der Waals surface area contributed by atoms with Gasteiger partial charge >= 0.3 is 6.16 Å². The lowest BCUT2D eigenvalue weighted by molar-refractivity contribution is 0.0204. The first-order valence-electron chi connectivity index (χ1n) is 5.09. The summed E-state index contributed by atoms with van der Waals surface area (Å²) in [6.45, 7) is 5.13. The van der Waals surface area contributed by atoms with Crippen molar-refractivity contribution in [1.82, 2.24) is 0 Å². The number of hydrogen-bond acceptors (Lipinski definition) is 4. The molecule has 0 spiro atoms. The van der Waals surface area contributed by atoms with Crippen molar-refractivity contribution in [3.8, 4) is 5.75 Å². The molecule has 1 rings (SSSR count). The van der Waals surface area contributed by atoms with Gasteiger partial charge in [0, 0.05) is 4.47 Å². The van der Waals surface area contributed by atoms with Crippen LogP contribution >= 0.6 is 31.9 Å². The second-order valence-corrected chi connectivity index (χ2v) is 6.24. The minimum absolute atomic E-state index is 0.104. The van der Waals surface area contributed by atoms with Gasteiger partial charge in [0.15, 0.2) is 5.75 Å². The van der Waals surface area contributed by atoms with Crippen LogP contribution in [0, 0.1) is 0 Å². The number of halogens is 2. The predicted octanol–water partition coefficient (Wildman–Crippen LogP) is 3.89. The third-order valence-corrected chi connectivity index (χ3v) is 2.80. The summed E-state index contributed by atoms with van der Waals surface area (Å²) in [6, 6.07) is 4.64. The first kappa shape index (κ1) is 15.2. The van der Waals surface area contributed by atoms with Crippen LogP contribution in [0.3, 0.4) is 0 Å². The van der Waals surface area contributed by atoms with E-state index in [0.717, 1.165) is 0 Å². The first-order valence-corrected chi connectivity index (χ1v) is 6.68. The van der Waals surface area contributed by atoms with E-state index >= 15 is 0 Å². The van der Waals surface area contributed by atoms with Crippen LogP contribution in [0.5, 0.6) is 5.75 Å². The molecule has 0 atom stereocenters. The maximum absolute atomic E-state index is 11.8. The Labute approximate surface area is 122 Å². The summed E-state index contributed by atoms with van der Waals surface area (Å²) in [4.78, 5) is 23.3. The number of rotatable bonds is 1. The molecule has 1 aromatic rings. The molecular formula is C12H12Br2O4. The van der Waals surface area contributed by atoms with Crippen LogP contribution in [-0.4, -0.2) is 11.8 Å². The largest absolute Gasteiger partial charge is 0.514 e. The van der Waals surface area contributed by atoms with Crippen LogP contribution < -0.4 is 10.2 Å². The normalized spacial score (nSPS) is 10.9. The molecule has 0 aromatic heterocycles. The van der Waals surface area contributed by atoms with Crippen molar-refractivity contribution in [2.45, 2.75) is 26.4 Å². The quantitative estimate of drug-likeness (QED) is 0.694. The van der Waals surface area contributed by atoms with Gasteiger partial charge in [0.05, 0.1) is 4.47 Å². The molecule has 0 aliphatic carbocycles. The topological polar surface area (TPSA) is 52.6 Å². The zero-order valence-corrected chi connectivity index (χ0v) is 13.3. The minimum Gasteiger partial charge on any atom is -0.428 e. The van der Waals surface area contributed by atoms with Gasteiger partial charge in [-0.3, -0.25) is 4.79 Å². The first-order chi connectivity index (χ1) is 8.19. The molecule has 18 heavy (non-hydrogen) atoms. The Morgan fingerprint density at radius 3 is 2.39 bits per heavy atom. The molecule has 0 radical (unpaired) electrons. The van der Waals surface area contributed by atoms with Gasteiger partial charge in [0.25, 0.3) is 0 Å². The Kier molecular flexibility index (Phi) is 4.92. The Hall–Kier alpha value is -0.880.